The van der Waals surface area contributed by atoms with Crippen molar-refractivity contribution in [2.24, 2.45) is 0 Å². The molecule has 10 heavy (non-hydrogen) atoms. The van der Waals surface area contributed by atoms with E-state index in [1.54, 1.807) is 0 Å². The molecule has 0 aliphatic rings. The van der Waals surface area contributed by atoms with Gasteiger partial charge in [-0.3, -0.25) is 0 Å². The van der Waals surface area contributed by atoms with E-state index in [4.69, 9.17) is 1.37 Å². The minimum absolute atomic E-state index is 1.09. The van der Waals surface area contributed by atoms with E-state index in [1.807, 2.05) is 31.2 Å². The van der Waals surface area contributed by atoms with Crippen LogP contribution in [0, 0.1) is 18.6 Å². The van der Waals surface area contributed by atoms with Crippen LogP contribution in [0.15, 0.2) is 29.2 Å². The van der Waals surface area contributed by atoms with Crippen molar-refractivity contribution >= 4 is 11.8 Å². The maximum Gasteiger partial charge on any atom is 0.125 e. The summed E-state index contributed by atoms with van der Waals surface area (Å²) in [7, 11) is 0. The number of thioether (sulfide) groups is 1. The largest absolute Gasteiger partial charge is 0.125 e. The normalized spacial score (nSPS) is 9.50. The molecular weight excluding hydrogens is 140 g/mol. The summed E-state index contributed by atoms with van der Waals surface area (Å²) in [4.78, 5) is 1.09. The first-order valence-corrected chi connectivity index (χ1v) is 3.80. The number of rotatable bonds is 1. The second-order valence-corrected chi connectivity index (χ2v) is 2.90. The van der Waals surface area contributed by atoms with Gasteiger partial charge in [-0.25, -0.2) is 0 Å². The molecule has 0 aliphatic carbocycles. The Labute approximate surface area is 67.1 Å². The van der Waals surface area contributed by atoms with Gasteiger partial charge in [-0.2, -0.15) is 0 Å². The Morgan fingerprint density at radius 3 is 2.80 bits per heavy atom. The summed E-state index contributed by atoms with van der Waals surface area (Å²) in [6.07, 6.45) is 2.09. The van der Waals surface area contributed by atoms with Crippen molar-refractivity contribution in [2.75, 3.05) is 0 Å². The molecule has 0 aliphatic heterocycles. The first-order valence-electron chi connectivity index (χ1n) is 3.48. The molecule has 0 saturated carbocycles. The maximum atomic E-state index is 6.61. The lowest BCUT2D eigenvalue weighted by Crippen LogP contribution is -1.70. The molecule has 0 fully saturated rings. The summed E-state index contributed by atoms with van der Waals surface area (Å²) in [5.74, 6) is 0. The average molecular weight is 149 g/mol. The Balaban J connectivity index is 2.71. The Kier molecular flexibility index (Phi) is 1.96. The van der Waals surface area contributed by atoms with Gasteiger partial charge in [-0.15, -0.1) is 6.40 Å². The first kappa shape index (κ1) is 5.88. The lowest BCUT2D eigenvalue weighted by atomic mass is 10.2. The third-order valence-corrected chi connectivity index (χ3v) is 1.80. The van der Waals surface area contributed by atoms with Crippen LogP contribution in [-0.4, -0.2) is 0 Å². The molecule has 0 saturated heterocycles. The van der Waals surface area contributed by atoms with E-state index in [0.29, 0.717) is 0 Å². The van der Waals surface area contributed by atoms with Crippen molar-refractivity contribution in [1.29, 1.82) is 0 Å². The van der Waals surface area contributed by atoms with E-state index in [9.17, 15) is 0 Å². The number of hydrogen-bond acceptors (Lipinski definition) is 1. The topological polar surface area (TPSA) is 0 Å². The lowest BCUT2D eigenvalue weighted by molar-refractivity contribution is 1.38. The Morgan fingerprint density at radius 2 is 2.20 bits per heavy atom. The minimum Gasteiger partial charge on any atom is -0.108 e. The fourth-order valence-electron chi connectivity index (χ4n) is 0.665. The molecule has 0 unspecified atom stereocenters. The van der Waals surface area contributed by atoms with Crippen molar-refractivity contribution in [2.45, 2.75) is 11.8 Å². The van der Waals surface area contributed by atoms with Gasteiger partial charge in [0.15, 0.2) is 0 Å². The molecule has 0 atom stereocenters. The van der Waals surface area contributed by atoms with E-state index in [-0.39, 0.29) is 0 Å². The van der Waals surface area contributed by atoms with Crippen LogP contribution in [0.2, 0.25) is 0 Å². The van der Waals surface area contributed by atoms with E-state index in [1.165, 1.54) is 17.3 Å². The standard InChI is InChI=1S/C9H8S/c1-3-10-9-6-4-8(2)5-7-9/h1,4-7H,2H3/i1D. The molecule has 0 heterocycles. The molecule has 0 N–H and O–H groups in total. The van der Waals surface area contributed by atoms with Crippen molar-refractivity contribution < 1.29 is 1.37 Å². The molecule has 1 rings (SSSR count). The van der Waals surface area contributed by atoms with Gasteiger partial charge in [0.25, 0.3) is 0 Å². The van der Waals surface area contributed by atoms with E-state index in [0.717, 1.165) is 4.90 Å². The summed E-state index contributed by atoms with van der Waals surface area (Å²) in [6.45, 7) is 2.05. The molecule has 0 aromatic heterocycles. The quantitative estimate of drug-likeness (QED) is 0.437. The van der Waals surface area contributed by atoms with Gasteiger partial charge in [-0.05, 0) is 36.1 Å². The molecule has 0 spiro atoms. The number of aryl methyl sites for hydroxylation is 1. The predicted molar refractivity (Wildman–Crippen MR) is 45.9 cm³/mol. The SMILES string of the molecule is [2H]C#CSc1ccc(C)cc1. The van der Waals surface area contributed by atoms with Crippen LogP contribution >= 0.6 is 11.8 Å². The Hall–Kier alpha value is -0.870. The van der Waals surface area contributed by atoms with E-state index >= 15 is 0 Å². The number of hydrogen-bond donors (Lipinski definition) is 0. The van der Waals surface area contributed by atoms with Gasteiger partial charge in [0.1, 0.15) is 1.37 Å². The third kappa shape index (κ3) is 1.82. The number of terminal acetylenes is 1. The fourth-order valence-corrected chi connectivity index (χ4v) is 1.06. The smallest absolute Gasteiger partial charge is 0.108 e. The molecule has 0 nitrogen and oxygen atoms in total. The predicted octanol–water partition coefficient (Wildman–Crippen LogP) is 2.68. The minimum atomic E-state index is 1.09. The van der Waals surface area contributed by atoms with Crippen LogP contribution in [0.4, 0.5) is 0 Å². The second-order valence-electron chi connectivity index (χ2n) is 2.02. The van der Waals surface area contributed by atoms with Crippen LogP contribution in [0.3, 0.4) is 0 Å². The molecular formula is C9H8S. The molecule has 1 heteroatoms. The third-order valence-electron chi connectivity index (χ3n) is 1.19. The van der Waals surface area contributed by atoms with Gasteiger partial charge >= 0.3 is 0 Å². The highest BCUT2D eigenvalue weighted by Crippen LogP contribution is 2.15. The van der Waals surface area contributed by atoms with Crippen molar-refractivity contribution in [1.82, 2.24) is 0 Å². The van der Waals surface area contributed by atoms with Gasteiger partial charge in [0.05, 0.1) is 0 Å². The molecule has 50 valence electrons. The van der Waals surface area contributed by atoms with Crippen LogP contribution in [-0.2, 0) is 0 Å². The monoisotopic (exact) mass is 149 g/mol. The zero-order valence-electron chi connectivity index (χ0n) is 6.72. The molecule has 0 amide bonds. The van der Waals surface area contributed by atoms with Gasteiger partial charge in [-0.1, -0.05) is 17.7 Å². The summed E-state index contributed by atoms with van der Waals surface area (Å²) in [5, 5.41) is 2.62. The van der Waals surface area contributed by atoms with Gasteiger partial charge in [0, 0.05) is 4.90 Å². The van der Waals surface area contributed by atoms with Crippen LogP contribution < -0.4 is 0 Å². The highest BCUT2D eigenvalue weighted by Gasteiger charge is 1.87. The van der Waals surface area contributed by atoms with Crippen molar-refractivity contribution in [3.8, 4) is 11.7 Å². The summed E-state index contributed by atoms with van der Waals surface area (Å²) < 4.78 is 6.61. The van der Waals surface area contributed by atoms with E-state index < -0.39 is 0 Å². The van der Waals surface area contributed by atoms with E-state index in [2.05, 4.69) is 11.7 Å². The highest BCUT2D eigenvalue weighted by atomic mass is 32.2. The Morgan fingerprint density at radius 1 is 1.50 bits per heavy atom. The summed E-state index contributed by atoms with van der Waals surface area (Å²) >= 11 is 1.38. The molecule has 0 radical (unpaired) electrons. The highest BCUT2D eigenvalue weighted by molar-refractivity contribution is 8.03. The van der Waals surface area contributed by atoms with Gasteiger partial charge in [0.2, 0.25) is 0 Å². The molecule has 1 aromatic rings. The zero-order valence-corrected chi connectivity index (χ0v) is 6.53. The van der Waals surface area contributed by atoms with Gasteiger partial charge < -0.3 is 0 Å². The van der Waals surface area contributed by atoms with Crippen LogP contribution in [0.1, 0.15) is 6.93 Å². The Bertz CT molecular complexity index is 279. The van der Waals surface area contributed by atoms with Crippen LogP contribution in [0.5, 0.6) is 0 Å². The second kappa shape index (κ2) is 3.34. The first-order chi connectivity index (χ1) is 5.33. The summed E-state index contributed by atoms with van der Waals surface area (Å²) in [5.41, 5.74) is 1.24. The van der Waals surface area contributed by atoms with Crippen molar-refractivity contribution in [3.63, 3.8) is 0 Å². The lowest BCUT2D eigenvalue weighted by Gasteiger charge is -1.93. The number of benzene rings is 1. The fraction of sp³-hybridized carbons (Fsp3) is 0.111. The molecule has 0 bridgehead atoms. The molecule has 1 aromatic carbocycles. The zero-order chi connectivity index (χ0) is 8.10. The van der Waals surface area contributed by atoms with Crippen LogP contribution in [0.25, 0.3) is 0 Å². The summed E-state index contributed by atoms with van der Waals surface area (Å²) in [6, 6.07) is 8.08. The maximum absolute atomic E-state index is 6.61. The average Bonchev–Trinajstić information content (AvgIpc) is 2.04. The van der Waals surface area contributed by atoms with Crippen molar-refractivity contribution in [3.05, 3.63) is 29.8 Å².